The van der Waals surface area contributed by atoms with E-state index in [9.17, 15) is 0 Å². The molecular weight excluding hydrogens is 338 g/mol. The predicted molar refractivity (Wildman–Crippen MR) is 101 cm³/mol. The molecule has 0 aliphatic carbocycles. The molecule has 134 valence electrons. The quantitative estimate of drug-likeness (QED) is 0.485. The number of halogens is 1. The Morgan fingerprint density at radius 1 is 1.16 bits per heavy atom. The Morgan fingerprint density at radius 2 is 1.92 bits per heavy atom. The molecule has 0 atom stereocenters. The molecule has 1 N–H and O–H groups in total. The van der Waals surface area contributed by atoms with Crippen LogP contribution in [0.1, 0.15) is 24.0 Å². The summed E-state index contributed by atoms with van der Waals surface area (Å²) in [6.45, 7) is 3.97. The van der Waals surface area contributed by atoms with Gasteiger partial charge in [-0.1, -0.05) is 35.5 Å². The van der Waals surface area contributed by atoms with E-state index < -0.39 is 0 Å². The number of hydrogen-bond donors (Lipinski definition) is 1. The molecule has 0 amide bonds. The average molecular weight is 362 g/mol. The van der Waals surface area contributed by atoms with Crippen LogP contribution in [0.5, 0.6) is 5.88 Å². The van der Waals surface area contributed by atoms with Gasteiger partial charge < -0.3 is 9.94 Å². The summed E-state index contributed by atoms with van der Waals surface area (Å²) in [7, 11) is 0. The first-order valence-corrected chi connectivity index (χ1v) is 8.36. The maximum Gasteiger partial charge on any atom is 0.213 e. The van der Waals surface area contributed by atoms with Crippen LogP contribution in [0, 0.1) is 5.92 Å². The molecule has 25 heavy (non-hydrogen) atoms. The monoisotopic (exact) mass is 361 g/mol. The normalized spacial score (nSPS) is 15.8. The number of benzene rings is 1. The molecule has 0 unspecified atom stereocenters. The van der Waals surface area contributed by atoms with Gasteiger partial charge in [-0.05, 0) is 43.5 Å². The molecule has 1 aliphatic heterocycles. The second-order valence-electron chi connectivity index (χ2n) is 6.19. The summed E-state index contributed by atoms with van der Waals surface area (Å²) in [6, 6.07) is 14.3. The van der Waals surface area contributed by atoms with E-state index in [0.717, 1.165) is 38.0 Å². The summed E-state index contributed by atoms with van der Waals surface area (Å²) in [5, 5.41) is 11.5. The summed E-state index contributed by atoms with van der Waals surface area (Å²) >= 11 is 0. The molecule has 1 aromatic carbocycles. The Hall–Kier alpha value is -2.11. The molecule has 2 aromatic rings. The lowest BCUT2D eigenvalue weighted by Crippen LogP contribution is -2.35. The first kappa shape index (κ1) is 19.2. The number of nitrogens with zero attached hydrogens (tertiary/aromatic N) is 3. The second kappa shape index (κ2) is 10.0. The molecule has 2 heterocycles. The number of piperidine rings is 1. The summed E-state index contributed by atoms with van der Waals surface area (Å²) in [6.07, 6.45) is 5.29. The van der Waals surface area contributed by atoms with Crippen molar-refractivity contribution >= 4 is 18.6 Å². The number of oxime groups is 1. The number of ether oxygens (including phenoxy) is 1. The lowest BCUT2D eigenvalue weighted by Gasteiger charge is -2.31. The molecule has 1 aromatic heterocycles. The summed E-state index contributed by atoms with van der Waals surface area (Å²) in [5.74, 6) is 1.20. The number of likely N-dealkylation sites (tertiary alicyclic amines) is 1. The van der Waals surface area contributed by atoms with E-state index in [0.29, 0.717) is 18.4 Å². The zero-order valence-corrected chi connectivity index (χ0v) is 14.9. The van der Waals surface area contributed by atoms with E-state index in [1.54, 1.807) is 6.20 Å². The molecule has 0 bridgehead atoms. The van der Waals surface area contributed by atoms with Crippen molar-refractivity contribution in [2.45, 2.75) is 19.4 Å². The van der Waals surface area contributed by atoms with Gasteiger partial charge in [0.25, 0.3) is 0 Å². The molecule has 5 nitrogen and oxygen atoms in total. The maximum atomic E-state index is 8.48. The van der Waals surface area contributed by atoms with Gasteiger partial charge in [0.2, 0.25) is 5.88 Å². The summed E-state index contributed by atoms with van der Waals surface area (Å²) in [5.41, 5.74) is 2.13. The molecule has 6 heteroatoms. The van der Waals surface area contributed by atoms with Gasteiger partial charge in [0, 0.05) is 24.4 Å². The van der Waals surface area contributed by atoms with Crippen molar-refractivity contribution in [3.8, 4) is 5.88 Å². The van der Waals surface area contributed by atoms with E-state index in [1.807, 2.05) is 12.1 Å². The van der Waals surface area contributed by atoms with E-state index >= 15 is 0 Å². The minimum Gasteiger partial charge on any atom is -0.477 e. The highest BCUT2D eigenvalue weighted by atomic mass is 35.5. The standard InChI is InChI=1S/C19H23N3O2.ClH/c23-21-13-18-6-7-19(20-12-18)24-15-17-8-10-22(11-9-17)14-16-4-2-1-3-5-16;/h1-7,12-13,17,23H,8-11,14-15H2;1H/b21-13+;. The Balaban J connectivity index is 0.00000225. The van der Waals surface area contributed by atoms with Crippen LogP contribution in [0.25, 0.3) is 0 Å². The molecule has 1 saturated heterocycles. The largest absolute Gasteiger partial charge is 0.477 e. The minimum absolute atomic E-state index is 0. The van der Waals surface area contributed by atoms with E-state index in [-0.39, 0.29) is 12.4 Å². The number of aromatic nitrogens is 1. The van der Waals surface area contributed by atoms with Crippen molar-refractivity contribution in [1.82, 2.24) is 9.88 Å². The van der Waals surface area contributed by atoms with Crippen LogP contribution in [-0.2, 0) is 6.54 Å². The third kappa shape index (κ3) is 6.03. The highest BCUT2D eigenvalue weighted by molar-refractivity contribution is 5.85. The van der Waals surface area contributed by atoms with Crippen molar-refractivity contribution in [3.63, 3.8) is 0 Å². The van der Waals surface area contributed by atoms with E-state index in [1.165, 1.54) is 11.8 Å². The molecule has 0 saturated carbocycles. The highest BCUT2D eigenvalue weighted by Crippen LogP contribution is 2.20. The Bertz CT molecular complexity index is 641. The van der Waals surface area contributed by atoms with Crippen LogP contribution in [-0.4, -0.2) is 41.0 Å². The number of rotatable bonds is 6. The first-order chi connectivity index (χ1) is 11.8. The second-order valence-corrected chi connectivity index (χ2v) is 6.19. The van der Waals surface area contributed by atoms with Crippen molar-refractivity contribution in [2.24, 2.45) is 11.1 Å². The SMILES string of the molecule is Cl.O/N=C/c1ccc(OCC2CCN(Cc3ccccc3)CC2)nc1. The van der Waals surface area contributed by atoms with Gasteiger partial charge in [-0.2, -0.15) is 0 Å². The highest BCUT2D eigenvalue weighted by Gasteiger charge is 2.19. The van der Waals surface area contributed by atoms with Crippen LogP contribution in [0.4, 0.5) is 0 Å². The lowest BCUT2D eigenvalue weighted by atomic mass is 9.97. The fraction of sp³-hybridized carbons (Fsp3) is 0.368. The zero-order valence-electron chi connectivity index (χ0n) is 14.1. The zero-order chi connectivity index (χ0) is 16.6. The smallest absolute Gasteiger partial charge is 0.213 e. The maximum absolute atomic E-state index is 8.48. The Labute approximate surface area is 154 Å². The number of pyridine rings is 1. The molecule has 3 rings (SSSR count). The van der Waals surface area contributed by atoms with Gasteiger partial charge >= 0.3 is 0 Å². The summed E-state index contributed by atoms with van der Waals surface area (Å²) in [4.78, 5) is 6.72. The molecule has 1 fully saturated rings. The van der Waals surface area contributed by atoms with E-state index in [4.69, 9.17) is 9.94 Å². The van der Waals surface area contributed by atoms with Crippen LogP contribution in [0.2, 0.25) is 0 Å². The van der Waals surface area contributed by atoms with Gasteiger partial charge in [-0.3, -0.25) is 4.90 Å². The minimum atomic E-state index is 0. The Kier molecular flexibility index (Phi) is 7.70. The van der Waals surface area contributed by atoms with Crippen LogP contribution < -0.4 is 4.74 Å². The average Bonchev–Trinajstić information content (AvgIpc) is 2.63. The molecule has 0 radical (unpaired) electrons. The van der Waals surface area contributed by atoms with Crippen molar-refractivity contribution in [1.29, 1.82) is 0 Å². The first-order valence-electron chi connectivity index (χ1n) is 8.36. The van der Waals surface area contributed by atoms with Gasteiger partial charge in [0.15, 0.2) is 0 Å². The van der Waals surface area contributed by atoms with Crippen LogP contribution >= 0.6 is 12.4 Å². The molecule has 0 spiro atoms. The van der Waals surface area contributed by atoms with Crippen molar-refractivity contribution < 1.29 is 9.94 Å². The van der Waals surface area contributed by atoms with Gasteiger partial charge in [0.05, 0.1) is 12.8 Å². The van der Waals surface area contributed by atoms with Crippen LogP contribution in [0.3, 0.4) is 0 Å². The van der Waals surface area contributed by atoms with Gasteiger partial charge in [0.1, 0.15) is 0 Å². The predicted octanol–water partition coefficient (Wildman–Crippen LogP) is 3.60. The third-order valence-electron chi connectivity index (χ3n) is 4.39. The van der Waals surface area contributed by atoms with Gasteiger partial charge in [-0.25, -0.2) is 4.98 Å². The summed E-state index contributed by atoms with van der Waals surface area (Å²) < 4.78 is 5.80. The third-order valence-corrected chi connectivity index (χ3v) is 4.39. The molecule has 1 aliphatic rings. The fourth-order valence-electron chi connectivity index (χ4n) is 2.98. The van der Waals surface area contributed by atoms with Crippen LogP contribution in [0.15, 0.2) is 53.8 Å². The van der Waals surface area contributed by atoms with Gasteiger partial charge in [-0.15, -0.1) is 12.4 Å². The topological polar surface area (TPSA) is 58.0 Å². The van der Waals surface area contributed by atoms with Crippen molar-refractivity contribution in [3.05, 3.63) is 59.8 Å². The van der Waals surface area contributed by atoms with Crippen molar-refractivity contribution in [2.75, 3.05) is 19.7 Å². The number of hydrogen-bond acceptors (Lipinski definition) is 5. The fourth-order valence-corrected chi connectivity index (χ4v) is 2.98. The lowest BCUT2D eigenvalue weighted by molar-refractivity contribution is 0.134. The van der Waals surface area contributed by atoms with E-state index in [2.05, 4.69) is 45.4 Å². The Morgan fingerprint density at radius 3 is 2.56 bits per heavy atom. The molecular formula is C19H24ClN3O2.